The quantitative estimate of drug-likeness (QED) is 0.778. The highest BCUT2D eigenvalue weighted by atomic mass is 16.2. The molecule has 1 aliphatic rings. The Morgan fingerprint density at radius 2 is 1.85 bits per heavy atom. The first kappa shape index (κ1) is 18.2. The van der Waals surface area contributed by atoms with Gasteiger partial charge >= 0.3 is 0 Å². The lowest BCUT2D eigenvalue weighted by Crippen LogP contribution is -2.34. The van der Waals surface area contributed by atoms with Crippen molar-refractivity contribution in [1.29, 1.82) is 0 Å². The number of hydrogen-bond acceptors (Lipinski definition) is 3. The Morgan fingerprint density at radius 1 is 1.04 bits per heavy atom. The highest BCUT2D eigenvalue weighted by Crippen LogP contribution is 2.26. The monoisotopic (exact) mass is 350 g/mol. The van der Waals surface area contributed by atoms with E-state index in [9.17, 15) is 9.59 Å². The number of hydrogen-bond donors (Lipinski definition) is 1. The minimum atomic E-state index is -0.0605. The summed E-state index contributed by atoms with van der Waals surface area (Å²) in [5.41, 5.74) is 5.60. The van der Waals surface area contributed by atoms with Crippen LogP contribution in [0.5, 0.6) is 0 Å². The van der Waals surface area contributed by atoms with Crippen LogP contribution in [0.25, 0.3) is 0 Å². The van der Waals surface area contributed by atoms with Gasteiger partial charge in [-0.1, -0.05) is 30.3 Å². The van der Waals surface area contributed by atoms with Crippen LogP contribution in [0, 0.1) is 13.8 Å². The van der Waals surface area contributed by atoms with Gasteiger partial charge in [0, 0.05) is 43.7 Å². The number of aryl methyl sites for hydroxylation is 2. The lowest BCUT2D eigenvalue weighted by Gasteiger charge is -2.19. The fourth-order valence-electron chi connectivity index (χ4n) is 3.34. The molecule has 0 aliphatic carbocycles. The Kier molecular flexibility index (Phi) is 5.71. The van der Waals surface area contributed by atoms with Crippen molar-refractivity contribution in [3.8, 4) is 0 Å². The van der Waals surface area contributed by atoms with E-state index in [1.165, 1.54) is 16.8 Å². The highest BCUT2D eigenvalue weighted by Gasteiger charge is 2.17. The zero-order chi connectivity index (χ0) is 18.5. The number of benzene rings is 2. The van der Waals surface area contributed by atoms with Gasteiger partial charge in [-0.15, -0.1) is 0 Å². The number of ketones is 1. The molecule has 0 saturated carbocycles. The second-order valence-corrected chi connectivity index (χ2v) is 6.94. The Bertz CT molecular complexity index is 814. The number of carbonyl (C=O) groups excluding carboxylic acids is 2. The molecule has 2 aromatic rings. The van der Waals surface area contributed by atoms with Crippen LogP contribution in [0.1, 0.15) is 39.9 Å². The summed E-state index contributed by atoms with van der Waals surface area (Å²) in [4.78, 5) is 26.6. The molecule has 3 rings (SSSR count). The van der Waals surface area contributed by atoms with E-state index in [4.69, 9.17) is 0 Å². The number of nitrogens with one attached hydrogen (secondary N) is 1. The van der Waals surface area contributed by atoms with Crippen molar-refractivity contribution in [2.24, 2.45) is 0 Å². The molecular weight excluding hydrogens is 324 g/mol. The van der Waals surface area contributed by atoms with Crippen molar-refractivity contribution in [1.82, 2.24) is 5.32 Å². The summed E-state index contributed by atoms with van der Waals surface area (Å²) in [6.07, 6.45) is 1.55. The molecule has 1 amide bonds. The van der Waals surface area contributed by atoms with Crippen molar-refractivity contribution in [2.75, 3.05) is 24.5 Å². The third kappa shape index (κ3) is 4.31. The Morgan fingerprint density at radius 3 is 2.65 bits per heavy atom. The van der Waals surface area contributed by atoms with E-state index >= 15 is 0 Å². The summed E-state index contributed by atoms with van der Waals surface area (Å²) in [5, 5.41) is 2.93. The van der Waals surface area contributed by atoms with Crippen molar-refractivity contribution in [2.45, 2.75) is 33.1 Å². The van der Waals surface area contributed by atoms with Crippen LogP contribution in [0.3, 0.4) is 0 Å². The summed E-state index contributed by atoms with van der Waals surface area (Å²) in [5.74, 6) is -0.0358. The highest BCUT2D eigenvalue weighted by molar-refractivity contribution is 5.98. The van der Waals surface area contributed by atoms with Gasteiger partial charge in [-0.3, -0.25) is 9.59 Å². The minimum Gasteiger partial charge on any atom is -0.369 e. The van der Waals surface area contributed by atoms with E-state index in [1.54, 1.807) is 0 Å². The molecule has 4 heteroatoms. The summed E-state index contributed by atoms with van der Waals surface area (Å²) in [6.45, 7) is 6.42. The maximum atomic E-state index is 12.2. The predicted molar refractivity (Wildman–Crippen MR) is 105 cm³/mol. The van der Waals surface area contributed by atoms with Gasteiger partial charge in [0.15, 0.2) is 5.78 Å². The molecule has 4 nitrogen and oxygen atoms in total. The molecule has 0 bridgehead atoms. The molecule has 2 aromatic carbocycles. The second kappa shape index (κ2) is 8.17. The van der Waals surface area contributed by atoms with Crippen molar-refractivity contribution < 1.29 is 9.59 Å². The number of rotatable bonds is 7. The van der Waals surface area contributed by atoms with E-state index in [0.717, 1.165) is 25.1 Å². The van der Waals surface area contributed by atoms with Crippen LogP contribution in [-0.2, 0) is 11.2 Å². The molecule has 1 heterocycles. The molecule has 0 unspecified atom stereocenters. The number of Topliss-reactive ketones (excluding diaryl/α,β-unsaturated/α-hetero) is 1. The van der Waals surface area contributed by atoms with Crippen molar-refractivity contribution in [3.05, 3.63) is 64.7 Å². The summed E-state index contributed by atoms with van der Waals surface area (Å²) >= 11 is 0. The Labute approximate surface area is 155 Å². The van der Waals surface area contributed by atoms with Crippen LogP contribution in [0.2, 0.25) is 0 Å². The Hall–Kier alpha value is -2.62. The molecule has 0 fully saturated rings. The van der Waals surface area contributed by atoms with Gasteiger partial charge in [-0.2, -0.15) is 0 Å². The number of carbonyl (C=O) groups is 2. The average Bonchev–Trinajstić information content (AvgIpc) is 3.05. The van der Waals surface area contributed by atoms with E-state index in [2.05, 4.69) is 28.4 Å². The number of para-hydroxylation sites is 1. The van der Waals surface area contributed by atoms with E-state index in [-0.39, 0.29) is 24.5 Å². The first-order valence-electron chi connectivity index (χ1n) is 9.24. The molecule has 0 radical (unpaired) electrons. The smallest absolute Gasteiger partial charge is 0.220 e. The maximum absolute atomic E-state index is 12.2. The summed E-state index contributed by atoms with van der Waals surface area (Å²) < 4.78 is 0. The molecule has 136 valence electrons. The normalized spacial score (nSPS) is 12.8. The number of fused-ring (bicyclic) bond motifs is 1. The molecular formula is C22H26N2O2. The predicted octanol–water partition coefficient (Wildman–Crippen LogP) is 3.45. The van der Waals surface area contributed by atoms with Crippen molar-refractivity contribution >= 4 is 17.4 Å². The lowest BCUT2D eigenvalue weighted by atomic mass is 10.0. The lowest BCUT2D eigenvalue weighted by molar-refractivity contribution is -0.121. The average molecular weight is 350 g/mol. The molecule has 0 atom stereocenters. The first-order valence-corrected chi connectivity index (χ1v) is 9.24. The van der Waals surface area contributed by atoms with Gasteiger partial charge in [0.05, 0.1) is 0 Å². The van der Waals surface area contributed by atoms with Gasteiger partial charge < -0.3 is 10.2 Å². The first-order chi connectivity index (χ1) is 12.5. The zero-order valence-corrected chi connectivity index (χ0v) is 15.5. The van der Waals surface area contributed by atoms with Gasteiger partial charge in [-0.25, -0.2) is 0 Å². The minimum absolute atomic E-state index is 0.0247. The topological polar surface area (TPSA) is 49.4 Å². The number of amides is 1. The van der Waals surface area contributed by atoms with Gasteiger partial charge in [0.2, 0.25) is 5.91 Å². The molecule has 0 saturated heterocycles. The third-order valence-corrected chi connectivity index (χ3v) is 5.10. The fourth-order valence-corrected chi connectivity index (χ4v) is 3.34. The number of nitrogens with zero attached hydrogens (tertiary/aromatic N) is 1. The maximum Gasteiger partial charge on any atom is 0.220 e. The van der Waals surface area contributed by atoms with Crippen LogP contribution in [0.4, 0.5) is 5.69 Å². The van der Waals surface area contributed by atoms with Crippen LogP contribution >= 0.6 is 0 Å². The molecule has 1 N–H and O–H groups in total. The molecule has 26 heavy (non-hydrogen) atoms. The van der Waals surface area contributed by atoms with Crippen LogP contribution in [-0.4, -0.2) is 31.3 Å². The Balaban J connectivity index is 1.41. The zero-order valence-electron chi connectivity index (χ0n) is 15.5. The van der Waals surface area contributed by atoms with Gasteiger partial charge in [0.25, 0.3) is 0 Å². The molecule has 0 aromatic heterocycles. The van der Waals surface area contributed by atoms with Crippen LogP contribution in [0.15, 0.2) is 42.5 Å². The standard InChI is InChI=1S/C22H26N2O2/c1-16-7-8-19(15-17(16)2)21(25)9-10-22(26)23-12-14-24-13-11-18-5-3-4-6-20(18)24/h3-8,15H,9-14H2,1-2H3,(H,23,26). The molecule has 1 aliphatic heterocycles. The van der Waals surface area contributed by atoms with Gasteiger partial charge in [-0.05, 0) is 49.1 Å². The second-order valence-electron chi connectivity index (χ2n) is 6.94. The third-order valence-electron chi connectivity index (χ3n) is 5.10. The van der Waals surface area contributed by atoms with E-state index in [0.29, 0.717) is 12.1 Å². The summed E-state index contributed by atoms with van der Waals surface area (Å²) in [7, 11) is 0. The SMILES string of the molecule is Cc1ccc(C(=O)CCC(=O)NCCN2CCc3ccccc32)cc1C. The van der Waals surface area contributed by atoms with Gasteiger partial charge in [0.1, 0.15) is 0 Å². The largest absolute Gasteiger partial charge is 0.369 e. The van der Waals surface area contributed by atoms with E-state index < -0.39 is 0 Å². The van der Waals surface area contributed by atoms with E-state index in [1.807, 2.05) is 38.1 Å². The van der Waals surface area contributed by atoms with Crippen molar-refractivity contribution in [3.63, 3.8) is 0 Å². The van der Waals surface area contributed by atoms with Crippen LogP contribution < -0.4 is 10.2 Å². The number of anilines is 1. The molecule has 0 spiro atoms. The summed E-state index contributed by atoms with van der Waals surface area (Å²) in [6, 6.07) is 14.1. The fraction of sp³-hybridized carbons (Fsp3) is 0.364.